The molecule has 2 fully saturated rings. The van der Waals surface area contributed by atoms with Gasteiger partial charge in [-0.15, -0.1) is 9.90 Å². The minimum Gasteiger partial charge on any atom is -0.312 e. The fraction of sp³-hybridized carbons (Fsp3) is 0.320. The maximum absolute atomic E-state index is 13.5. The Bertz CT molecular complexity index is 2820. The molecule has 2 saturated heterocycles. The summed E-state index contributed by atoms with van der Waals surface area (Å²) < 4.78 is 5.66. The quantitative estimate of drug-likeness (QED) is 0.120. The third kappa shape index (κ3) is 9.28. The summed E-state index contributed by atoms with van der Waals surface area (Å²) in [7, 11) is 0. The van der Waals surface area contributed by atoms with Crippen LogP contribution in [0.1, 0.15) is 96.6 Å². The number of ketones is 2. The summed E-state index contributed by atoms with van der Waals surface area (Å²) in [4.78, 5) is 42.6. The number of rotatable bonds is 10. The lowest BCUT2D eigenvalue weighted by atomic mass is 10.1. The molecule has 66 heavy (non-hydrogen) atoms. The summed E-state index contributed by atoms with van der Waals surface area (Å²) in [5, 5.41) is 34.6. The van der Waals surface area contributed by atoms with E-state index in [1.54, 1.807) is 53.7 Å². The van der Waals surface area contributed by atoms with Crippen molar-refractivity contribution >= 4 is 33.6 Å². The molecule has 0 atom stereocenters. The normalized spacial score (nSPS) is 14.1. The van der Waals surface area contributed by atoms with Gasteiger partial charge in [-0.2, -0.15) is 20.7 Å². The largest absolute Gasteiger partial charge is 0.312 e. The molecule has 6 aromatic heterocycles. The second-order valence-electron chi connectivity index (χ2n) is 16.2. The van der Waals surface area contributed by atoms with Gasteiger partial charge in [0.25, 0.3) is 0 Å². The van der Waals surface area contributed by atoms with Gasteiger partial charge in [0, 0.05) is 22.8 Å². The van der Waals surface area contributed by atoms with Crippen LogP contribution in [-0.2, 0) is 0 Å². The van der Waals surface area contributed by atoms with Crippen LogP contribution in [0.2, 0.25) is 0 Å². The Morgan fingerprint density at radius 3 is 1.44 bits per heavy atom. The molecule has 2 aliphatic rings. The van der Waals surface area contributed by atoms with E-state index in [0.29, 0.717) is 58.0 Å². The molecule has 0 bridgehead atoms. The Balaban J connectivity index is 0.000000191. The predicted molar refractivity (Wildman–Crippen MR) is 254 cm³/mol. The van der Waals surface area contributed by atoms with Gasteiger partial charge in [0.2, 0.25) is 0 Å². The van der Waals surface area contributed by atoms with E-state index in [1.165, 1.54) is 17.6 Å². The molecule has 0 N–H and O–H groups in total. The van der Waals surface area contributed by atoms with Crippen LogP contribution in [0.5, 0.6) is 0 Å². The highest BCUT2D eigenvalue weighted by atomic mass is 16.1. The minimum absolute atomic E-state index is 0. The maximum Gasteiger partial charge on any atom is 0.180 e. The number of benzene rings is 2. The summed E-state index contributed by atoms with van der Waals surface area (Å²) in [6.45, 7) is 8.51. The van der Waals surface area contributed by atoms with E-state index in [2.05, 4.69) is 42.4 Å². The fourth-order valence-electron chi connectivity index (χ4n) is 8.95. The van der Waals surface area contributed by atoms with Crippen LogP contribution in [0.25, 0.3) is 45.1 Å². The van der Waals surface area contributed by atoms with Crippen LogP contribution in [0, 0.1) is 36.5 Å². The number of nitrogens with zero attached hydrogens (tertiary/aromatic N) is 14. The van der Waals surface area contributed by atoms with Gasteiger partial charge >= 0.3 is 0 Å². The maximum atomic E-state index is 13.5. The first-order valence-corrected chi connectivity index (χ1v) is 21.6. The van der Waals surface area contributed by atoms with Crippen molar-refractivity contribution in [1.82, 2.24) is 58.9 Å². The zero-order valence-corrected chi connectivity index (χ0v) is 35.8. The Hall–Kier alpha value is -7.66. The minimum atomic E-state index is 0. The molecule has 8 heterocycles. The van der Waals surface area contributed by atoms with Gasteiger partial charge in [-0.25, -0.2) is 14.6 Å². The highest BCUT2D eigenvalue weighted by molar-refractivity contribution is 6.10. The molecule has 0 saturated carbocycles. The van der Waals surface area contributed by atoms with Gasteiger partial charge in [0.1, 0.15) is 11.0 Å². The van der Waals surface area contributed by atoms with Crippen LogP contribution >= 0.6 is 0 Å². The van der Waals surface area contributed by atoms with E-state index in [9.17, 15) is 9.59 Å². The van der Waals surface area contributed by atoms with Crippen LogP contribution in [0.3, 0.4) is 0 Å². The summed E-state index contributed by atoms with van der Waals surface area (Å²) in [6, 6.07) is 26.7. The second-order valence-corrected chi connectivity index (χ2v) is 16.2. The molecule has 0 aliphatic carbocycles. The topological polar surface area (TPSA) is 185 Å². The molecule has 2 aromatic carbocycles. The van der Waals surface area contributed by atoms with E-state index < -0.39 is 0 Å². The number of nitriles is 2. The average molecular weight is 883 g/mol. The van der Waals surface area contributed by atoms with Gasteiger partial charge in [-0.1, -0.05) is 32.9 Å². The van der Waals surface area contributed by atoms with Gasteiger partial charge < -0.3 is 9.13 Å². The highest BCUT2D eigenvalue weighted by Crippen LogP contribution is 2.32. The predicted octanol–water partition coefficient (Wildman–Crippen LogP) is 8.18. The molecule has 16 heteroatoms. The molecular weight excluding hydrogens is 829 g/mol. The molecule has 0 radical (unpaired) electrons. The average Bonchev–Trinajstić information content (AvgIpc) is 4.16. The summed E-state index contributed by atoms with van der Waals surface area (Å²) in [5.41, 5.74) is 8.88. The zero-order chi connectivity index (χ0) is 44.2. The first kappa shape index (κ1) is 46.3. The number of hydrogen-bond donors (Lipinski definition) is 0. The highest BCUT2D eigenvalue weighted by Gasteiger charge is 2.27. The SMILES string of the molecule is C.C.Cc1c(C(=O)CN2CCCCC2)c2nc(-n3ccnn3)ccc2n1-c1ccc(C#N)cc1.Cc1c(C(=O)CN2CCCCC2)c2nc(-n3nccn3)ccc2n1-c1ccc(C#N)cc1. The van der Waals surface area contributed by atoms with Crippen molar-refractivity contribution in [3.63, 3.8) is 0 Å². The number of piperidine rings is 2. The van der Waals surface area contributed by atoms with E-state index >= 15 is 0 Å². The van der Waals surface area contributed by atoms with Crippen molar-refractivity contribution in [2.45, 2.75) is 67.2 Å². The lowest BCUT2D eigenvalue weighted by Gasteiger charge is -2.25. The number of aromatic nitrogens is 10. The van der Waals surface area contributed by atoms with Gasteiger partial charge in [-0.3, -0.25) is 19.4 Å². The van der Waals surface area contributed by atoms with Crippen LogP contribution in [0.15, 0.2) is 97.6 Å². The lowest BCUT2D eigenvalue weighted by molar-refractivity contribution is 0.0908. The van der Waals surface area contributed by atoms with Crippen LogP contribution in [0.4, 0.5) is 0 Å². The first-order chi connectivity index (χ1) is 31.3. The Labute approximate surface area is 384 Å². The van der Waals surface area contributed by atoms with Crippen LogP contribution in [-0.4, -0.2) is 110 Å². The van der Waals surface area contributed by atoms with E-state index in [1.807, 2.05) is 71.5 Å². The molecule has 0 amide bonds. The van der Waals surface area contributed by atoms with Crippen LogP contribution < -0.4 is 0 Å². The van der Waals surface area contributed by atoms with E-state index in [-0.39, 0.29) is 26.4 Å². The Morgan fingerprint density at radius 1 is 0.576 bits per heavy atom. The molecule has 0 unspecified atom stereocenters. The van der Waals surface area contributed by atoms with Crippen molar-refractivity contribution in [2.75, 3.05) is 39.3 Å². The molecule has 2 aliphatic heterocycles. The smallest absolute Gasteiger partial charge is 0.180 e. The number of pyridine rings is 2. The Kier molecular flexibility index (Phi) is 14.4. The Morgan fingerprint density at radius 2 is 1.02 bits per heavy atom. The number of fused-ring (bicyclic) bond motifs is 2. The molecule has 10 rings (SSSR count). The first-order valence-electron chi connectivity index (χ1n) is 21.6. The second kappa shape index (κ2) is 20.5. The van der Waals surface area contributed by atoms with Gasteiger partial charge in [0.05, 0.1) is 83.3 Å². The number of carbonyl (C=O) groups is 2. The molecule has 16 nitrogen and oxygen atoms in total. The van der Waals surface area contributed by atoms with Crippen molar-refractivity contribution in [3.05, 3.63) is 131 Å². The molecule has 0 spiro atoms. The molecular formula is C50H54N14O2. The standard InChI is InChI=1S/2C24H23N7O.2CH4/c1-17-23(21(32)16-29-13-3-2-4-14-29)24-20(9-10-22(28-24)31-26-11-12-27-31)30(17)19-7-5-18(15-25)6-8-19;1-17-23(21(32)16-29-12-3-2-4-13-29)24-20(9-10-22(27-24)30-14-11-26-28-30)31(17)19-7-5-18(15-25)6-8-19;;/h5-12H,2-4,13-14,16H2,1H3;5-11,14H,2-4,12-13,16H2,1H3;2*1H4. The monoisotopic (exact) mass is 882 g/mol. The third-order valence-electron chi connectivity index (χ3n) is 12.0. The molecule has 336 valence electrons. The zero-order valence-electron chi connectivity index (χ0n) is 35.8. The van der Waals surface area contributed by atoms with E-state index in [0.717, 1.165) is 85.7 Å². The number of carbonyl (C=O) groups excluding carboxylic acids is 2. The molecule has 8 aromatic rings. The summed E-state index contributed by atoms with van der Waals surface area (Å²) in [6.07, 6.45) is 13.5. The van der Waals surface area contributed by atoms with Crippen molar-refractivity contribution in [1.29, 1.82) is 10.5 Å². The number of Topliss-reactive ketones (excluding diaryl/α,β-unsaturated/α-hetero) is 2. The van der Waals surface area contributed by atoms with E-state index in [4.69, 9.17) is 20.5 Å². The fourth-order valence-corrected chi connectivity index (χ4v) is 8.95. The summed E-state index contributed by atoms with van der Waals surface area (Å²) >= 11 is 0. The number of likely N-dealkylation sites (tertiary alicyclic amines) is 2. The van der Waals surface area contributed by atoms with Gasteiger partial charge in [-0.05, 0) is 139 Å². The third-order valence-corrected chi connectivity index (χ3v) is 12.0. The van der Waals surface area contributed by atoms with Crippen molar-refractivity contribution in [3.8, 4) is 35.1 Å². The van der Waals surface area contributed by atoms with Gasteiger partial charge in [0.15, 0.2) is 23.2 Å². The number of hydrogen-bond acceptors (Lipinski definition) is 12. The van der Waals surface area contributed by atoms with Crippen molar-refractivity contribution in [2.24, 2.45) is 0 Å². The lowest BCUT2D eigenvalue weighted by Crippen LogP contribution is -2.34. The summed E-state index contributed by atoms with van der Waals surface area (Å²) in [5.74, 6) is 1.32. The van der Waals surface area contributed by atoms with Crippen molar-refractivity contribution < 1.29 is 9.59 Å².